The maximum absolute atomic E-state index is 13.5. The van der Waals surface area contributed by atoms with Gasteiger partial charge in [-0.05, 0) is 55.3 Å². The summed E-state index contributed by atoms with van der Waals surface area (Å²) in [4.78, 5) is 44.5. The highest BCUT2D eigenvalue weighted by molar-refractivity contribution is 5.98. The largest absolute Gasteiger partial charge is 0.508 e. The molecule has 1 atom stereocenters. The third-order valence-electron chi connectivity index (χ3n) is 5.53. The van der Waals surface area contributed by atoms with Gasteiger partial charge < -0.3 is 15.5 Å². The van der Waals surface area contributed by atoms with E-state index in [0.717, 1.165) is 11.1 Å². The number of aryl methyl sites for hydroxylation is 1. The summed E-state index contributed by atoms with van der Waals surface area (Å²) in [7, 11) is 0. The second kappa shape index (κ2) is 9.72. The number of benzene rings is 2. The van der Waals surface area contributed by atoms with E-state index in [2.05, 4.69) is 10.3 Å². The topological polar surface area (TPSA) is 134 Å². The molecule has 1 unspecified atom stereocenters. The van der Waals surface area contributed by atoms with Crippen LogP contribution in [-0.4, -0.2) is 42.8 Å². The molecule has 1 aliphatic rings. The van der Waals surface area contributed by atoms with Gasteiger partial charge in [-0.2, -0.15) is 13.2 Å². The minimum Gasteiger partial charge on any atom is -0.508 e. The van der Waals surface area contributed by atoms with Gasteiger partial charge in [0, 0.05) is 6.20 Å². The Bertz CT molecular complexity index is 1570. The van der Waals surface area contributed by atoms with E-state index in [1.165, 1.54) is 4.57 Å². The Morgan fingerprint density at radius 3 is 2.43 bits per heavy atom. The molecular formula is C25H19F3N4O5. The van der Waals surface area contributed by atoms with Crippen molar-refractivity contribution in [3.63, 3.8) is 0 Å². The van der Waals surface area contributed by atoms with Gasteiger partial charge in [0.25, 0.3) is 11.5 Å². The number of carbonyl (C=O) groups excluding carboxylic acids is 1. The Morgan fingerprint density at radius 1 is 1.11 bits per heavy atom. The highest BCUT2D eigenvalue weighted by Gasteiger charge is 2.38. The molecule has 190 valence electrons. The normalized spacial score (nSPS) is 14.5. The number of halogens is 3. The van der Waals surface area contributed by atoms with E-state index in [4.69, 9.17) is 14.9 Å². The number of amides is 1. The van der Waals surface area contributed by atoms with Crippen molar-refractivity contribution in [2.75, 3.05) is 0 Å². The summed E-state index contributed by atoms with van der Waals surface area (Å²) in [6, 6.07) is 15.0. The van der Waals surface area contributed by atoms with Gasteiger partial charge in [-0.25, -0.2) is 19.3 Å². The van der Waals surface area contributed by atoms with Crippen LogP contribution in [0.1, 0.15) is 33.4 Å². The lowest BCUT2D eigenvalue weighted by Crippen LogP contribution is -2.32. The predicted octanol–water partition coefficient (Wildman–Crippen LogP) is 3.46. The highest BCUT2D eigenvalue weighted by Crippen LogP contribution is 2.26. The number of carbonyl (C=O) groups is 2. The number of phenols is 1. The number of aliphatic carboxylic acids is 1. The lowest BCUT2D eigenvalue weighted by Gasteiger charge is -2.19. The molecule has 2 aromatic heterocycles. The van der Waals surface area contributed by atoms with Crippen LogP contribution in [0.2, 0.25) is 0 Å². The first-order valence-corrected chi connectivity index (χ1v) is 10.8. The van der Waals surface area contributed by atoms with Crippen molar-refractivity contribution in [3.8, 4) is 11.6 Å². The Morgan fingerprint density at radius 2 is 1.78 bits per heavy atom. The number of hydrogen-bond acceptors (Lipinski definition) is 6. The molecule has 3 N–H and O–H groups in total. The van der Waals surface area contributed by atoms with Crippen molar-refractivity contribution in [3.05, 3.63) is 93.7 Å². The number of aromatic hydroxyl groups is 1. The second-order valence-corrected chi connectivity index (χ2v) is 8.21. The van der Waals surface area contributed by atoms with Gasteiger partial charge >= 0.3 is 12.1 Å². The summed E-state index contributed by atoms with van der Waals surface area (Å²) in [5.74, 6) is -2.20. The number of nitrogens with zero attached hydrogens (tertiary/aromatic N) is 3. The average molecular weight is 512 g/mol. The molecule has 2 aromatic carbocycles. The number of aromatic nitrogens is 3. The van der Waals surface area contributed by atoms with Crippen molar-refractivity contribution >= 4 is 22.8 Å². The first kappa shape index (κ1) is 25.4. The lowest BCUT2D eigenvalue weighted by molar-refractivity contribution is -0.192. The van der Waals surface area contributed by atoms with Gasteiger partial charge in [-0.1, -0.05) is 23.8 Å². The minimum atomic E-state index is -5.08. The third kappa shape index (κ3) is 5.27. The number of pyridine rings is 1. The molecule has 3 heterocycles. The van der Waals surface area contributed by atoms with Crippen molar-refractivity contribution in [2.24, 2.45) is 0 Å². The van der Waals surface area contributed by atoms with Gasteiger partial charge in [0.15, 0.2) is 5.82 Å². The number of carboxylic acids is 1. The van der Waals surface area contributed by atoms with Crippen molar-refractivity contribution in [1.82, 2.24) is 19.9 Å². The predicted molar refractivity (Wildman–Crippen MR) is 126 cm³/mol. The van der Waals surface area contributed by atoms with Crippen LogP contribution in [0, 0.1) is 6.92 Å². The smallest absolute Gasteiger partial charge is 0.490 e. The molecule has 4 aromatic rings. The Balaban J connectivity index is 0.000000405. The van der Waals surface area contributed by atoms with Crippen LogP contribution >= 0.6 is 0 Å². The van der Waals surface area contributed by atoms with Gasteiger partial charge in [-0.3, -0.25) is 9.59 Å². The van der Waals surface area contributed by atoms with Gasteiger partial charge in [0.05, 0.1) is 22.5 Å². The maximum atomic E-state index is 13.5. The fourth-order valence-corrected chi connectivity index (χ4v) is 3.82. The van der Waals surface area contributed by atoms with Crippen LogP contribution < -0.4 is 10.9 Å². The molecule has 1 aliphatic heterocycles. The standard InChI is InChI=1S/C23H18N4O3.C2HF3O2/c1-13-4-9-18-17(11-13)23(30)27-20-16(3-2-10-24-20)22(29)26-19(21(27)25-18)12-14-5-7-15(28)8-6-14;3-2(4,5)1(6)7/h2-11,19,28H,12H2,1H3,(H,26,29);(H,6,7). The zero-order valence-corrected chi connectivity index (χ0v) is 19.2. The molecule has 5 rings (SSSR count). The van der Waals surface area contributed by atoms with Crippen molar-refractivity contribution in [2.45, 2.75) is 25.6 Å². The Labute approximate surface area is 206 Å². The number of fused-ring (bicyclic) bond motifs is 4. The van der Waals surface area contributed by atoms with Crippen LogP contribution in [0.15, 0.2) is 65.6 Å². The first-order valence-electron chi connectivity index (χ1n) is 10.8. The molecule has 0 saturated carbocycles. The summed E-state index contributed by atoms with van der Waals surface area (Å²) in [5, 5.41) is 20.2. The van der Waals surface area contributed by atoms with Crippen molar-refractivity contribution < 1.29 is 33.0 Å². The summed E-state index contributed by atoms with van der Waals surface area (Å²) in [5.41, 5.74) is 2.48. The Kier molecular flexibility index (Phi) is 6.66. The molecule has 12 heteroatoms. The van der Waals surface area contributed by atoms with E-state index in [1.807, 2.05) is 19.1 Å². The zero-order chi connectivity index (χ0) is 26.9. The van der Waals surface area contributed by atoms with Crippen LogP contribution in [0.3, 0.4) is 0 Å². The summed E-state index contributed by atoms with van der Waals surface area (Å²) in [6.07, 6.45) is -3.12. The monoisotopic (exact) mass is 512 g/mol. The Hall–Kier alpha value is -4.74. The van der Waals surface area contributed by atoms with Gasteiger partial charge in [0.2, 0.25) is 0 Å². The number of hydrogen-bond donors (Lipinski definition) is 3. The number of nitrogens with one attached hydrogen (secondary N) is 1. The average Bonchev–Trinajstić information content (AvgIpc) is 2.96. The zero-order valence-electron chi connectivity index (χ0n) is 19.2. The second-order valence-electron chi connectivity index (χ2n) is 8.21. The first-order chi connectivity index (χ1) is 17.5. The van der Waals surface area contributed by atoms with Crippen LogP contribution in [0.4, 0.5) is 13.2 Å². The van der Waals surface area contributed by atoms with Crippen molar-refractivity contribution in [1.29, 1.82) is 0 Å². The minimum absolute atomic E-state index is 0.163. The fourth-order valence-electron chi connectivity index (χ4n) is 3.82. The van der Waals surface area contributed by atoms with Gasteiger partial charge in [-0.15, -0.1) is 0 Å². The van der Waals surface area contributed by atoms with Crippen LogP contribution in [0.5, 0.6) is 5.75 Å². The number of phenolic OH excluding ortho intramolecular Hbond substituents is 1. The third-order valence-corrected chi connectivity index (χ3v) is 5.53. The van der Waals surface area contributed by atoms with E-state index in [9.17, 15) is 27.9 Å². The summed E-state index contributed by atoms with van der Waals surface area (Å²) in [6.45, 7) is 1.92. The molecule has 37 heavy (non-hydrogen) atoms. The SMILES string of the molecule is Cc1ccc2nc3n(c(=O)c2c1)-c1ncccc1C(=O)NC3Cc1ccc(O)cc1.O=C(O)C(F)(F)F. The van der Waals surface area contributed by atoms with E-state index in [0.29, 0.717) is 28.7 Å². The molecule has 0 fully saturated rings. The quantitative estimate of drug-likeness (QED) is 0.375. The lowest BCUT2D eigenvalue weighted by atomic mass is 10.0. The molecule has 0 radical (unpaired) electrons. The number of rotatable bonds is 2. The number of carboxylic acid groups (broad SMARTS) is 1. The van der Waals surface area contributed by atoms with E-state index in [1.54, 1.807) is 48.7 Å². The van der Waals surface area contributed by atoms with Crippen LogP contribution in [-0.2, 0) is 11.2 Å². The molecule has 9 nitrogen and oxygen atoms in total. The highest BCUT2D eigenvalue weighted by atomic mass is 19.4. The molecule has 0 bridgehead atoms. The molecule has 0 aliphatic carbocycles. The van der Waals surface area contributed by atoms with E-state index >= 15 is 0 Å². The summed E-state index contributed by atoms with van der Waals surface area (Å²) >= 11 is 0. The van der Waals surface area contributed by atoms with E-state index < -0.39 is 18.2 Å². The molecule has 0 spiro atoms. The van der Waals surface area contributed by atoms with E-state index in [-0.39, 0.29) is 23.0 Å². The van der Waals surface area contributed by atoms with Crippen LogP contribution in [0.25, 0.3) is 16.7 Å². The molecular weight excluding hydrogens is 493 g/mol. The molecule has 0 saturated heterocycles. The molecule has 1 amide bonds. The number of alkyl halides is 3. The van der Waals surface area contributed by atoms with Gasteiger partial charge in [0.1, 0.15) is 11.6 Å². The summed E-state index contributed by atoms with van der Waals surface area (Å²) < 4.78 is 33.2. The maximum Gasteiger partial charge on any atom is 0.490 e. The fraction of sp³-hybridized carbons (Fsp3) is 0.160.